The molecule has 1 aromatic carbocycles. The lowest BCUT2D eigenvalue weighted by Gasteiger charge is -2.17. The van der Waals surface area contributed by atoms with Gasteiger partial charge in [0.2, 0.25) is 0 Å². The average molecular weight is 424 g/mol. The molecule has 3 aromatic heterocycles. The van der Waals surface area contributed by atoms with Crippen LogP contribution in [0.2, 0.25) is 0 Å². The molecule has 0 aliphatic carbocycles. The average Bonchev–Trinajstić information content (AvgIpc) is 2.82. The standard InChI is InChI=1S/C23H20N8O/c1-14(31-22-16(10-24)21(25)29-13-30-22)11-28-23(32)19-17(15-6-3-2-4-7-15)12-27-18-8-5-9-26-20(18)19/h2-9,12-14H,11H2,1H3,(H,28,32)(H3,25,29,30,31)/t14-/m1/s1. The van der Waals surface area contributed by atoms with E-state index >= 15 is 0 Å². The number of fused-ring (bicyclic) bond motifs is 1. The van der Waals surface area contributed by atoms with E-state index in [4.69, 9.17) is 5.73 Å². The third-order valence-electron chi connectivity index (χ3n) is 4.88. The number of nitrogens with two attached hydrogens (primary N) is 1. The molecule has 9 heteroatoms. The van der Waals surface area contributed by atoms with Gasteiger partial charge in [-0.1, -0.05) is 30.3 Å². The molecule has 4 N–H and O–H groups in total. The van der Waals surface area contributed by atoms with Crippen molar-refractivity contribution in [2.45, 2.75) is 13.0 Å². The smallest absolute Gasteiger partial charge is 0.254 e. The van der Waals surface area contributed by atoms with E-state index in [2.05, 4.69) is 30.6 Å². The van der Waals surface area contributed by atoms with Crippen LogP contribution in [0.15, 0.2) is 61.2 Å². The number of nitriles is 1. The van der Waals surface area contributed by atoms with E-state index in [0.717, 1.165) is 5.56 Å². The molecule has 1 atom stereocenters. The molecule has 3 heterocycles. The number of nitrogens with one attached hydrogen (secondary N) is 2. The summed E-state index contributed by atoms with van der Waals surface area (Å²) in [6.45, 7) is 2.14. The summed E-state index contributed by atoms with van der Waals surface area (Å²) >= 11 is 0. The summed E-state index contributed by atoms with van der Waals surface area (Å²) in [6, 6.07) is 14.9. The van der Waals surface area contributed by atoms with Gasteiger partial charge in [0.25, 0.3) is 5.91 Å². The van der Waals surface area contributed by atoms with Gasteiger partial charge in [0, 0.05) is 30.5 Å². The maximum absolute atomic E-state index is 13.3. The first-order valence-corrected chi connectivity index (χ1v) is 9.93. The Kier molecular flexibility index (Phi) is 5.85. The van der Waals surface area contributed by atoms with Crippen molar-refractivity contribution >= 4 is 28.6 Å². The number of carbonyl (C=O) groups is 1. The lowest BCUT2D eigenvalue weighted by atomic mass is 9.99. The number of anilines is 2. The van der Waals surface area contributed by atoms with Crippen molar-refractivity contribution in [3.63, 3.8) is 0 Å². The van der Waals surface area contributed by atoms with Crippen molar-refractivity contribution in [1.82, 2.24) is 25.3 Å². The van der Waals surface area contributed by atoms with Crippen LogP contribution in [-0.2, 0) is 0 Å². The Morgan fingerprint density at radius 1 is 1.12 bits per heavy atom. The first kappa shape index (κ1) is 20.7. The van der Waals surface area contributed by atoms with E-state index in [0.29, 0.717) is 28.0 Å². The molecule has 158 valence electrons. The highest BCUT2D eigenvalue weighted by molar-refractivity contribution is 6.10. The molecule has 1 amide bonds. The molecule has 32 heavy (non-hydrogen) atoms. The lowest BCUT2D eigenvalue weighted by Crippen LogP contribution is -2.35. The first-order chi connectivity index (χ1) is 15.6. The highest BCUT2D eigenvalue weighted by Crippen LogP contribution is 2.27. The second-order valence-corrected chi connectivity index (χ2v) is 7.13. The van der Waals surface area contributed by atoms with Crippen LogP contribution in [0, 0.1) is 11.3 Å². The monoisotopic (exact) mass is 424 g/mol. The van der Waals surface area contributed by atoms with Gasteiger partial charge in [-0.25, -0.2) is 9.97 Å². The number of nitrogen functional groups attached to an aromatic ring is 1. The van der Waals surface area contributed by atoms with E-state index in [-0.39, 0.29) is 29.9 Å². The van der Waals surface area contributed by atoms with Gasteiger partial charge in [-0.3, -0.25) is 14.8 Å². The van der Waals surface area contributed by atoms with E-state index < -0.39 is 0 Å². The van der Waals surface area contributed by atoms with Crippen LogP contribution in [-0.4, -0.2) is 38.4 Å². The Hall–Kier alpha value is -4.58. The topological polar surface area (TPSA) is 142 Å². The van der Waals surface area contributed by atoms with Gasteiger partial charge in [-0.2, -0.15) is 5.26 Å². The summed E-state index contributed by atoms with van der Waals surface area (Å²) in [5, 5.41) is 15.3. The molecular weight excluding hydrogens is 404 g/mol. The highest BCUT2D eigenvalue weighted by Gasteiger charge is 2.19. The molecule has 4 aromatic rings. The van der Waals surface area contributed by atoms with Crippen molar-refractivity contribution in [2.75, 3.05) is 17.6 Å². The van der Waals surface area contributed by atoms with Crippen LogP contribution in [0.3, 0.4) is 0 Å². The largest absolute Gasteiger partial charge is 0.382 e. The van der Waals surface area contributed by atoms with E-state index in [1.165, 1.54) is 6.33 Å². The van der Waals surface area contributed by atoms with Crippen molar-refractivity contribution in [3.8, 4) is 17.2 Å². The van der Waals surface area contributed by atoms with Crippen LogP contribution in [0.4, 0.5) is 11.6 Å². The number of rotatable bonds is 6. The predicted molar refractivity (Wildman–Crippen MR) is 122 cm³/mol. The van der Waals surface area contributed by atoms with Crippen LogP contribution < -0.4 is 16.4 Å². The lowest BCUT2D eigenvalue weighted by molar-refractivity contribution is 0.0954. The maximum atomic E-state index is 13.3. The molecular formula is C23H20N8O. The predicted octanol–water partition coefficient (Wildman–Crippen LogP) is 2.77. The first-order valence-electron chi connectivity index (χ1n) is 9.93. The highest BCUT2D eigenvalue weighted by atomic mass is 16.1. The quantitative estimate of drug-likeness (QED) is 0.429. The second kappa shape index (κ2) is 9.06. The number of hydrogen-bond acceptors (Lipinski definition) is 8. The summed E-state index contributed by atoms with van der Waals surface area (Å²) in [5.41, 5.74) is 9.10. The van der Waals surface area contributed by atoms with Crippen LogP contribution in [0.5, 0.6) is 0 Å². The molecule has 0 radical (unpaired) electrons. The van der Waals surface area contributed by atoms with Gasteiger partial charge >= 0.3 is 0 Å². The Bertz CT molecular complexity index is 1320. The Balaban J connectivity index is 1.59. The summed E-state index contributed by atoms with van der Waals surface area (Å²) in [5.74, 6) is 0.150. The van der Waals surface area contributed by atoms with Gasteiger partial charge in [0.1, 0.15) is 35.1 Å². The molecule has 0 aliphatic rings. The van der Waals surface area contributed by atoms with E-state index in [1.807, 2.05) is 49.4 Å². The molecule has 0 bridgehead atoms. The fourth-order valence-corrected chi connectivity index (χ4v) is 3.32. The number of hydrogen-bond donors (Lipinski definition) is 3. The number of carbonyl (C=O) groups excluding carboxylic acids is 1. The molecule has 0 aliphatic heterocycles. The third-order valence-corrected chi connectivity index (χ3v) is 4.88. The van der Waals surface area contributed by atoms with Gasteiger partial charge < -0.3 is 16.4 Å². The fraction of sp³-hybridized carbons (Fsp3) is 0.130. The van der Waals surface area contributed by atoms with Crippen molar-refractivity contribution in [3.05, 3.63) is 72.3 Å². The van der Waals surface area contributed by atoms with Gasteiger partial charge in [0.15, 0.2) is 0 Å². The van der Waals surface area contributed by atoms with Crippen molar-refractivity contribution in [2.24, 2.45) is 0 Å². The van der Waals surface area contributed by atoms with Crippen LogP contribution in [0.1, 0.15) is 22.8 Å². The molecule has 0 unspecified atom stereocenters. The number of benzene rings is 1. The number of pyridine rings is 2. The number of amides is 1. The van der Waals surface area contributed by atoms with E-state index in [1.54, 1.807) is 18.5 Å². The number of nitrogens with zero attached hydrogens (tertiary/aromatic N) is 5. The Labute approximate surface area is 184 Å². The van der Waals surface area contributed by atoms with Crippen LogP contribution in [0.25, 0.3) is 22.2 Å². The minimum Gasteiger partial charge on any atom is -0.382 e. The Morgan fingerprint density at radius 3 is 2.72 bits per heavy atom. The second-order valence-electron chi connectivity index (χ2n) is 7.13. The fourth-order valence-electron chi connectivity index (χ4n) is 3.32. The van der Waals surface area contributed by atoms with Crippen molar-refractivity contribution in [1.29, 1.82) is 5.26 Å². The maximum Gasteiger partial charge on any atom is 0.254 e. The van der Waals surface area contributed by atoms with Crippen molar-refractivity contribution < 1.29 is 4.79 Å². The normalized spacial score (nSPS) is 11.5. The SMILES string of the molecule is C[C@H](CNC(=O)c1c(-c2ccccc2)cnc2cccnc12)Nc1ncnc(N)c1C#N. The van der Waals surface area contributed by atoms with Gasteiger partial charge in [0.05, 0.1) is 11.1 Å². The summed E-state index contributed by atoms with van der Waals surface area (Å²) in [6.07, 6.45) is 4.62. The molecule has 9 nitrogen and oxygen atoms in total. The number of aromatic nitrogens is 4. The molecule has 0 fully saturated rings. The molecule has 0 saturated heterocycles. The zero-order chi connectivity index (χ0) is 22.5. The minimum absolute atomic E-state index is 0.100. The van der Waals surface area contributed by atoms with Gasteiger partial charge in [-0.15, -0.1) is 0 Å². The zero-order valence-electron chi connectivity index (χ0n) is 17.3. The molecule has 0 spiro atoms. The van der Waals surface area contributed by atoms with E-state index in [9.17, 15) is 10.1 Å². The summed E-state index contributed by atoms with van der Waals surface area (Å²) in [4.78, 5) is 30.1. The molecule has 4 rings (SSSR count). The Morgan fingerprint density at radius 2 is 1.94 bits per heavy atom. The van der Waals surface area contributed by atoms with Crippen LogP contribution >= 0.6 is 0 Å². The molecule has 0 saturated carbocycles. The third kappa shape index (κ3) is 4.15. The minimum atomic E-state index is -0.272. The zero-order valence-corrected chi connectivity index (χ0v) is 17.3. The van der Waals surface area contributed by atoms with Gasteiger partial charge in [-0.05, 0) is 24.6 Å². The summed E-state index contributed by atoms with van der Waals surface area (Å²) < 4.78 is 0. The summed E-state index contributed by atoms with van der Waals surface area (Å²) in [7, 11) is 0.